The van der Waals surface area contributed by atoms with Gasteiger partial charge in [-0.15, -0.1) is 28.3 Å². The Bertz CT molecular complexity index is 2940. The Kier molecular flexibility index (Phi) is 33.0. The van der Waals surface area contributed by atoms with Crippen LogP contribution in [0.2, 0.25) is 0 Å². The molecule has 1 aliphatic heterocycles. The van der Waals surface area contributed by atoms with Gasteiger partial charge in [-0.1, -0.05) is 20.9 Å². The molecule has 420 valence electrons. The van der Waals surface area contributed by atoms with Gasteiger partial charge in [0.05, 0.1) is 71.3 Å². The smallest absolute Gasteiger partial charge is 0.399 e. The van der Waals surface area contributed by atoms with Gasteiger partial charge in [-0.3, -0.25) is 13.4 Å². The van der Waals surface area contributed by atoms with Crippen molar-refractivity contribution in [3.63, 3.8) is 0 Å². The Morgan fingerprint density at radius 3 is 1.52 bits per heavy atom. The number of azo groups is 1. The lowest BCUT2D eigenvalue weighted by molar-refractivity contribution is -0.672. The first-order valence-electron chi connectivity index (χ1n) is 21.4. The molecule has 0 bridgehead atoms. The molecule has 2 heterocycles. The third-order valence-corrected chi connectivity index (χ3v) is 10.3. The zero-order valence-electron chi connectivity index (χ0n) is 42.5. The van der Waals surface area contributed by atoms with Gasteiger partial charge in [0, 0.05) is 55.2 Å². The van der Waals surface area contributed by atoms with E-state index in [1.165, 1.54) is 14.2 Å². The Labute approximate surface area is 461 Å². The van der Waals surface area contributed by atoms with E-state index in [0.29, 0.717) is 23.3 Å². The molecule has 0 radical (unpaired) electrons. The number of nitrogens with zero attached hydrogens (tertiary/aromatic N) is 6. The van der Waals surface area contributed by atoms with Crippen LogP contribution in [-0.2, 0) is 59.3 Å². The highest BCUT2D eigenvalue weighted by Gasteiger charge is 2.24. The molecule has 6 rings (SSSR count). The Morgan fingerprint density at radius 1 is 0.701 bits per heavy atom. The molecule has 22 nitrogen and oxygen atoms in total. The molecule has 5 aromatic rings. The third kappa shape index (κ3) is 25.8. The monoisotopic (exact) mass is 1150 g/mol. The van der Waals surface area contributed by atoms with Crippen LogP contribution in [0.3, 0.4) is 0 Å². The molecular formula is C51H66Cl2N8O14S2. The first-order chi connectivity index (χ1) is 35.7. The van der Waals surface area contributed by atoms with Gasteiger partial charge in [0.25, 0.3) is 10.1 Å². The normalized spacial score (nSPS) is 12.1. The minimum atomic E-state index is -3.72. The van der Waals surface area contributed by atoms with Gasteiger partial charge in [-0.05, 0) is 115 Å². The topological polar surface area (TPSA) is 262 Å². The van der Waals surface area contributed by atoms with Crippen LogP contribution in [0.15, 0.2) is 173 Å². The molecule has 0 atom stereocenters. The highest BCUT2D eigenvalue weighted by Crippen LogP contribution is 2.26. The quantitative estimate of drug-likeness (QED) is 0.0137. The minimum absolute atomic E-state index is 0. The van der Waals surface area contributed by atoms with E-state index in [1.807, 2.05) is 158 Å². The number of methoxy groups -OCH3 is 4. The highest BCUT2D eigenvalue weighted by atomic mass is 35.5. The fourth-order valence-electron chi connectivity index (χ4n) is 5.56. The average molecular weight is 1150 g/mol. The van der Waals surface area contributed by atoms with E-state index in [0.717, 1.165) is 54.2 Å². The minimum Gasteiger partial charge on any atom is -0.707 e. The molecule has 0 aliphatic carbocycles. The zero-order chi connectivity index (χ0) is 56.0. The molecule has 1 aromatic heterocycles. The Balaban J connectivity index is 0.00000115. The van der Waals surface area contributed by atoms with Crippen LogP contribution in [0.25, 0.3) is 0 Å². The van der Waals surface area contributed by atoms with Gasteiger partial charge >= 0.3 is 22.3 Å². The summed E-state index contributed by atoms with van der Waals surface area (Å²) in [6, 6.07) is 36.1. The zero-order valence-corrected chi connectivity index (χ0v) is 45.7. The molecular weight excluding hydrogens is 1080 g/mol. The summed E-state index contributed by atoms with van der Waals surface area (Å²) in [6.07, 6.45) is 9.84. The number of aromatic nitrogens is 1. The molecule has 0 spiro atoms. The average Bonchev–Trinajstić information content (AvgIpc) is 3.42. The van der Waals surface area contributed by atoms with Gasteiger partial charge in [-0.2, -0.15) is 23.2 Å². The molecule has 0 amide bonds. The molecule has 0 fully saturated rings. The second kappa shape index (κ2) is 36.5. The molecule has 0 saturated carbocycles. The molecule has 1 aliphatic rings. The number of carbonyl (C=O) groups excluding carboxylic acids is 2. The van der Waals surface area contributed by atoms with Gasteiger partial charge in [-0.25, -0.2) is 18.0 Å². The lowest BCUT2D eigenvalue weighted by Crippen LogP contribution is -2.39. The van der Waals surface area contributed by atoms with Crippen molar-refractivity contribution in [1.82, 2.24) is 4.90 Å². The number of carbonyl (C=O) groups is 2. The molecule has 2 N–H and O–H groups in total. The fraction of sp³-hybridized carbons (Fsp3) is 0.255. The number of halogens is 2. The van der Waals surface area contributed by atoms with Crippen molar-refractivity contribution in [1.29, 1.82) is 0 Å². The van der Waals surface area contributed by atoms with Crippen molar-refractivity contribution in [2.45, 2.75) is 14.9 Å². The van der Waals surface area contributed by atoms with E-state index in [1.54, 1.807) is 37.3 Å². The van der Waals surface area contributed by atoms with Crippen LogP contribution in [0.5, 0.6) is 11.5 Å². The van der Waals surface area contributed by atoms with Crippen LogP contribution in [0, 0.1) is 0 Å². The maximum Gasteiger partial charge on any atom is 0.399 e. The van der Waals surface area contributed by atoms with Crippen molar-refractivity contribution in [3.05, 3.63) is 163 Å². The number of hydrogen-bond acceptors (Lipinski definition) is 21. The maximum atomic E-state index is 12.3. The summed E-state index contributed by atoms with van der Waals surface area (Å²) in [4.78, 5) is 26.3. The number of likely N-dealkylation sites (N-methyl/N-ethyl adjacent to an activating group) is 1. The number of ether oxygens (including phenoxy) is 4. The van der Waals surface area contributed by atoms with Crippen LogP contribution in [0.1, 0.15) is 20.5 Å². The number of esters is 2. The molecule has 0 unspecified atom stereocenters. The second-order valence-electron chi connectivity index (χ2n) is 14.3. The second-order valence-corrected chi connectivity index (χ2v) is 18.1. The molecule has 77 heavy (non-hydrogen) atoms. The summed E-state index contributed by atoms with van der Waals surface area (Å²) in [5.41, 5.74) is 6.82. The number of benzene rings is 4. The summed E-state index contributed by atoms with van der Waals surface area (Å²) >= 11 is 9.53. The Hall–Kier alpha value is -7.42. The standard InChI is InChI=1S/C23H25N4O3.C22H22N4O3.C2H6O4S.CH2Cl2.CH4O4S.2CH4/c1-26-16-6-5-7-21(26)22(23(28)30-4)25-27(2)19-12-8-17(9-13-19)24-18-10-14-20(29-3)15-11-18;1-26-15-5-4-6-20(26)21(22(27)29-3)25-24-18-9-7-16(8-10-18)23-17-11-13-19(28-2)14-12-17;1-5-7(3,4)6-2;2-1-3;1-6(3,4)5-2;;/h5-16,24H,1-4H3;4-15,23H,1-3H3;1-2H3;1H2;2H,1H3;2*1H4/q+1;;;;;;/p-1/b;21-20-,25-24?;;;;;. The van der Waals surface area contributed by atoms with Gasteiger partial charge < -0.3 is 44.1 Å². The van der Waals surface area contributed by atoms with E-state index in [2.05, 4.69) is 38.7 Å². The van der Waals surface area contributed by atoms with E-state index in [9.17, 15) is 26.4 Å². The van der Waals surface area contributed by atoms with Crippen molar-refractivity contribution >= 4 is 95.5 Å². The number of rotatable bonds is 16. The van der Waals surface area contributed by atoms with Crippen LogP contribution >= 0.6 is 23.2 Å². The predicted molar refractivity (Wildman–Crippen MR) is 299 cm³/mol. The highest BCUT2D eigenvalue weighted by molar-refractivity contribution is 7.85. The molecule has 0 saturated heterocycles. The summed E-state index contributed by atoms with van der Waals surface area (Å²) in [5, 5.41) is 30.2. The van der Waals surface area contributed by atoms with E-state index < -0.39 is 32.5 Å². The number of hydrogen-bond donors (Lipinski definition) is 2. The van der Waals surface area contributed by atoms with Crippen LogP contribution in [0.4, 0.5) is 34.1 Å². The van der Waals surface area contributed by atoms with Crippen molar-refractivity contribution in [2.75, 3.05) is 84.0 Å². The fourth-order valence-corrected chi connectivity index (χ4v) is 5.70. The number of hydrazone groups is 1. The number of anilines is 5. The number of nitrogens with one attached hydrogen (secondary N) is 2. The van der Waals surface area contributed by atoms with Gasteiger partial charge in [0.1, 0.15) is 18.5 Å². The van der Waals surface area contributed by atoms with Gasteiger partial charge in [0.2, 0.25) is 11.4 Å². The van der Waals surface area contributed by atoms with E-state index in [4.69, 9.17) is 47.4 Å². The van der Waals surface area contributed by atoms with Crippen molar-refractivity contribution in [3.8, 4) is 11.5 Å². The lowest BCUT2D eigenvalue weighted by Gasteiger charge is -2.19. The number of pyridine rings is 1. The maximum absolute atomic E-state index is 12.3. The molecule has 26 heteroatoms. The Morgan fingerprint density at radius 2 is 1.14 bits per heavy atom. The largest absolute Gasteiger partial charge is 0.707 e. The summed E-state index contributed by atoms with van der Waals surface area (Å²) in [7, 11) is 6.09. The third-order valence-electron chi connectivity index (χ3n) is 9.27. The first kappa shape index (κ1) is 69.6. The lowest BCUT2D eigenvalue weighted by atomic mass is 10.2. The molecule has 4 aromatic carbocycles. The van der Waals surface area contributed by atoms with Crippen molar-refractivity contribution in [2.24, 2.45) is 22.4 Å². The van der Waals surface area contributed by atoms with Crippen LogP contribution < -0.4 is 34.9 Å². The van der Waals surface area contributed by atoms with Gasteiger partial charge in [0.15, 0.2) is 11.9 Å². The number of allylic oxidation sites excluding steroid dienone is 3. The van der Waals surface area contributed by atoms with E-state index in [-0.39, 0.29) is 31.6 Å². The first-order valence-corrected chi connectivity index (χ1v) is 25.6. The number of aryl methyl sites for hydroxylation is 1. The summed E-state index contributed by atoms with van der Waals surface area (Å²) in [5.74, 6) is 0.564. The predicted octanol–water partition coefficient (Wildman–Crippen LogP) is 8.65. The van der Waals surface area contributed by atoms with E-state index >= 15 is 0 Å². The summed E-state index contributed by atoms with van der Waals surface area (Å²) in [6.45, 7) is 0. The van der Waals surface area contributed by atoms with Crippen molar-refractivity contribution < 1.29 is 67.9 Å². The SMILES string of the molecule is C.C.COC(=O)/C(=N\N(C)c1ccc(Nc2ccc(OC)cc2)cc1)c1cccc[n+]1C.COC(=O)/C(N=Nc1ccc(Nc2ccc(OC)cc2)cc1)=C1\C=CC=CN1C.COS(=O)(=O)OC.CS(=O)(=O)O[O-].ClCCl. The number of alkyl halides is 2. The summed E-state index contributed by atoms with van der Waals surface area (Å²) < 4.78 is 71.1. The van der Waals surface area contributed by atoms with Crippen LogP contribution in [-0.4, -0.2) is 108 Å².